The molecule has 248 valence electrons. The van der Waals surface area contributed by atoms with Gasteiger partial charge >= 0.3 is 11.9 Å². The maximum Gasteiger partial charge on any atom is 0.312 e. The number of rotatable bonds is 4. The lowest BCUT2D eigenvalue weighted by molar-refractivity contribution is -0.308. The Labute approximate surface area is 261 Å². The van der Waals surface area contributed by atoms with Crippen LogP contribution in [-0.4, -0.2) is 74.8 Å². The van der Waals surface area contributed by atoms with E-state index in [2.05, 4.69) is 40.7 Å². The van der Waals surface area contributed by atoms with Crippen molar-refractivity contribution in [2.75, 3.05) is 6.61 Å². The van der Waals surface area contributed by atoms with Crippen LogP contribution < -0.4 is 0 Å². The molecule has 0 radical (unpaired) electrons. The molecule has 0 aromatic heterocycles. The van der Waals surface area contributed by atoms with E-state index in [9.17, 15) is 35.1 Å². The number of allylic oxidation sites excluding steroid dienone is 2. The summed E-state index contributed by atoms with van der Waals surface area (Å²) in [5, 5.41) is 52.1. The van der Waals surface area contributed by atoms with Gasteiger partial charge in [0.15, 0.2) is 6.29 Å². The minimum atomic E-state index is -1.48. The van der Waals surface area contributed by atoms with Gasteiger partial charge in [-0.25, -0.2) is 0 Å². The Bertz CT molecular complexity index is 1230. The van der Waals surface area contributed by atoms with Crippen LogP contribution in [0.25, 0.3) is 0 Å². The van der Waals surface area contributed by atoms with Gasteiger partial charge in [0.2, 0.25) is 0 Å². The van der Waals surface area contributed by atoms with Crippen molar-refractivity contribution in [3.05, 3.63) is 11.6 Å². The van der Waals surface area contributed by atoms with Gasteiger partial charge in [-0.1, -0.05) is 46.3 Å². The van der Waals surface area contributed by atoms with Gasteiger partial charge in [-0.05, 0) is 111 Å². The number of ether oxygens (including phenoxy) is 2. The predicted octanol–water partition coefficient (Wildman–Crippen LogP) is 4.76. The fourth-order valence-electron chi connectivity index (χ4n) is 11.9. The summed E-state index contributed by atoms with van der Waals surface area (Å²) in [6.07, 6.45) is 3.98. The number of carboxylic acids is 2. The van der Waals surface area contributed by atoms with Crippen LogP contribution in [0, 0.1) is 50.2 Å². The molecule has 9 nitrogen and oxygen atoms in total. The van der Waals surface area contributed by atoms with Gasteiger partial charge in [0, 0.05) is 0 Å². The number of carbonyl (C=O) groups is 2. The Hall–Kier alpha value is -1.52. The summed E-state index contributed by atoms with van der Waals surface area (Å²) in [5.74, 6) is -1.51. The molecule has 0 aromatic carbocycles. The molecule has 1 aliphatic heterocycles. The number of aliphatic hydroxyl groups excluding tert-OH is 3. The average Bonchev–Trinajstić information content (AvgIpc) is 2.94. The van der Waals surface area contributed by atoms with E-state index in [0.29, 0.717) is 19.3 Å². The molecule has 13 atom stereocenters. The first-order valence-corrected chi connectivity index (χ1v) is 16.9. The summed E-state index contributed by atoms with van der Waals surface area (Å²) >= 11 is 0. The van der Waals surface area contributed by atoms with Crippen molar-refractivity contribution in [2.45, 2.75) is 136 Å². The molecule has 0 unspecified atom stereocenters. The lowest BCUT2D eigenvalue weighted by atomic mass is 9.33. The molecule has 44 heavy (non-hydrogen) atoms. The number of aliphatic carboxylic acids is 2. The van der Waals surface area contributed by atoms with Gasteiger partial charge in [-0.3, -0.25) is 9.59 Å². The molecule has 0 bridgehead atoms. The zero-order chi connectivity index (χ0) is 32.3. The maximum atomic E-state index is 13.2. The third-order valence-electron chi connectivity index (χ3n) is 14.9. The predicted molar refractivity (Wildman–Crippen MR) is 161 cm³/mol. The fourth-order valence-corrected chi connectivity index (χ4v) is 11.9. The van der Waals surface area contributed by atoms with Gasteiger partial charge in [0.25, 0.3) is 0 Å². The topological polar surface area (TPSA) is 154 Å². The first-order valence-electron chi connectivity index (χ1n) is 16.9. The molecule has 1 heterocycles. The SMILES string of the molecule is CC1(C)CC[C@]2(C(=O)O)CC[C@]3(C)C(=CC[C@@H]4[C@@]5(C)CC[C@H](O[C@H]6OC[C@H](O)[C@@H](O)[C@@H]6O)[C@@](C)(C(=O)O)[C@H]5CC[C@]43C)[C@H]2C1. The van der Waals surface area contributed by atoms with E-state index in [1.54, 1.807) is 6.92 Å². The largest absolute Gasteiger partial charge is 0.481 e. The number of carboxylic acid groups (broad SMARTS) is 2. The number of fused-ring (bicyclic) bond motifs is 7. The second kappa shape index (κ2) is 10.2. The molecule has 0 aromatic rings. The van der Waals surface area contributed by atoms with E-state index in [0.717, 1.165) is 44.9 Å². The summed E-state index contributed by atoms with van der Waals surface area (Å²) in [7, 11) is 0. The van der Waals surface area contributed by atoms with Gasteiger partial charge in [-0.15, -0.1) is 0 Å². The molecule has 6 rings (SSSR count). The zero-order valence-corrected chi connectivity index (χ0v) is 27.3. The molecular formula is C35H54O9. The first kappa shape index (κ1) is 32.4. The quantitative estimate of drug-likeness (QED) is 0.222. The third kappa shape index (κ3) is 4.21. The van der Waals surface area contributed by atoms with Gasteiger partial charge in [-0.2, -0.15) is 0 Å². The standard InChI is InChI=1S/C35H54O9/c1-30(2)13-15-35(29(41)42)16-14-32(4)19(20(35)17-30)7-8-22-31(3)11-10-24(44-27-26(38)25(37)21(36)18-43-27)34(6,28(39)40)23(31)9-12-33(22,32)5/h7,20-27,36-38H,8-18H2,1-6H3,(H,39,40)(H,41,42)/t20-,21+,22-,23+,24+,25-,26+,27-,31-,32-,33-,34+,35+/m1/s1. The molecule has 6 aliphatic rings. The number of aliphatic hydroxyl groups is 3. The van der Waals surface area contributed by atoms with Crippen LogP contribution in [-0.2, 0) is 19.1 Å². The van der Waals surface area contributed by atoms with Crippen molar-refractivity contribution in [3.8, 4) is 0 Å². The van der Waals surface area contributed by atoms with Crippen LogP contribution >= 0.6 is 0 Å². The summed E-state index contributed by atoms with van der Waals surface area (Å²) in [6.45, 7) is 13.2. The lowest BCUT2D eigenvalue weighted by Gasteiger charge is -2.71. The van der Waals surface area contributed by atoms with Crippen LogP contribution in [0.4, 0.5) is 0 Å². The Balaban J connectivity index is 1.34. The van der Waals surface area contributed by atoms with Crippen LogP contribution in [0.5, 0.6) is 0 Å². The lowest BCUT2D eigenvalue weighted by Crippen LogP contribution is -2.67. The smallest absolute Gasteiger partial charge is 0.312 e. The van der Waals surface area contributed by atoms with Crippen molar-refractivity contribution in [3.63, 3.8) is 0 Å². The van der Waals surface area contributed by atoms with E-state index in [4.69, 9.17) is 9.47 Å². The Kier molecular flexibility index (Phi) is 7.54. The summed E-state index contributed by atoms with van der Waals surface area (Å²) in [6, 6.07) is 0. The zero-order valence-electron chi connectivity index (χ0n) is 27.3. The van der Waals surface area contributed by atoms with Crippen molar-refractivity contribution in [2.24, 2.45) is 50.2 Å². The molecule has 5 N–H and O–H groups in total. The number of hydrogen-bond acceptors (Lipinski definition) is 7. The maximum absolute atomic E-state index is 13.2. The highest BCUT2D eigenvalue weighted by atomic mass is 16.7. The molecule has 5 fully saturated rings. The molecule has 0 spiro atoms. The Morgan fingerprint density at radius 1 is 0.841 bits per heavy atom. The molecule has 4 saturated carbocycles. The Morgan fingerprint density at radius 3 is 2.18 bits per heavy atom. The van der Waals surface area contributed by atoms with E-state index >= 15 is 0 Å². The first-order chi connectivity index (χ1) is 20.4. The van der Waals surface area contributed by atoms with E-state index in [1.807, 2.05) is 0 Å². The van der Waals surface area contributed by atoms with E-state index in [1.165, 1.54) is 5.57 Å². The Morgan fingerprint density at radius 2 is 1.52 bits per heavy atom. The molecule has 5 aliphatic carbocycles. The normalized spacial score (nSPS) is 53.2. The minimum absolute atomic E-state index is 0.0232. The van der Waals surface area contributed by atoms with Crippen molar-refractivity contribution in [1.29, 1.82) is 0 Å². The summed E-state index contributed by atoms with van der Waals surface area (Å²) in [5.41, 5.74) is -1.06. The summed E-state index contributed by atoms with van der Waals surface area (Å²) in [4.78, 5) is 26.2. The monoisotopic (exact) mass is 618 g/mol. The average molecular weight is 619 g/mol. The molecule has 1 saturated heterocycles. The highest BCUT2D eigenvalue weighted by Crippen LogP contribution is 2.76. The molecule has 0 amide bonds. The van der Waals surface area contributed by atoms with E-state index in [-0.39, 0.29) is 46.0 Å². The number of hydrogen-bond donors (Lipinski definition) is 5. The highest BCUT2D eigenvalue weighted by molar-refractivity contribution is 5.77. The van der Waals surface area contributed by atoms with Crippen LogP contribution in [0.1, 0.15) is 106 Å². The molecule has 9 heteroatoms. The van der Waals surface area contributed by atoms with Crippen molar-refractivity contribution < 1.29 is 44.6 Å². The minimum Gasteiger partial charge on any atom is -0.481 e. The fraction of sp³-hybridized carbons (Fsp3) is 0.886. The van der Waals surface area contributed by atoms with Gasteiger partial charge in [0.05, 0.1) is 23.5 Å². The third-order valence-corrected chi connectivity index (χ3v) is 14.9. The second-order valence-electron chi connectivity index (χ2n) is 17.2. The van der Waals surface area contributed by atoms with Gasteiger partial charge in [0.1, 0.15) is 18.3 Å². The van der Waals surface area contributed by atoms with Crippen LogP contribution in [0.15, 0.2) is 11.6 Å². The second-order valence-corrected chi connectivity index (χ2v) is 17.2. The summed E-state index contributed by atoms with van der Waals surface area (Å²) < 4.78 is 11.8. The van der Waals surface area contributed by atoms with Crippen molar-refractivity contribution in [1.82, 2.24) is 0 Å². The highest BCUT2D eigenvalue weighted by Gasteiger charge is 2.71. The van der Waals surface area contributed by atoms with Crippen LogP contribution in [0.2, 0.25) is 0 Å². The van der Waals surface area contributed by atoms with Crippen LogP contribution in [0.3, 0.4) is 0 Å². The van der Waals surface area contributed by atoms with Crippen molar-refractivity contribution >= 4 is 11.9 Å². The molecular weight excluding hydrogens is 564 g/mol. The van der Waals surface area contributed by atoms with E-state index < -0.39 is 53.5 Å². The van der Waals surface area contributed by atoms with Gasteiger partial charge < -0.3 is 35.0 Å².